The van der Waals surface area contributed by atoms with Gasteiger partial charge in [0.05, 0.1) is 12.2 Å². The summed E-state index contributed by atoms with van der Waals surface area (Å²) in [5.41, 5.74) is 2.48. The third-order valence-electron chi connectivity index (χ3n) is 4.10. The number of hydrogen-bond donors (Lipinski definition) is 1. The van der Waals surface area contributed by atoms with E-state index in [0.29, 0.717) is 6.54 Å². The van der Waals surface area contributed by atoms with Crippen molar-refractivity contribution >= 4 is 17.2 Å². The van der Waals surface area contributed by atoms with Gasteiger partial charge < -0.3 is 9.88 Å². The average Bonchev–Trinajstić information content (AvgIpc) is 3.10. The predicted molar refractivity (Wildman–Crippen MR) is 104 cm³/mol. The molecule has 0 fully saturated rings. The quantitative estimate of drug-likeness (QED) is 0.744. The molecule has 1 amide bonds. The Morgan fingerprint density at radius 1 is 1.19 bits per heavy atom. The molecule has 1 aromatic carbocycles. The Hall–Kier alpha value is -2.73. The van der Waals surface area contributed by atoms with E-state index in [2.05, 4.69) is 9.97 Å². The minimum absolute atomic E-state index is 0.149. The number of rotatable bonds is 5. The van der Waals surface area contributed by atoms with Crippen molar-refractivity contribution in [2.75, 3.05) is 7.05 Å². The molecule has 3 aromatic rings. The molecule has 0 saturated carbocycles. The van der Waals surface area contributed by atoms with Crippen LogP contribution in [0.3, 0.4) is 0 Å². The fourth-order valence-corrected chi connectivity index (χ4v) is 3.42. The molecule has 26 heavy (non-hydrogen) atoms. The van der Waals surface area contributed by atoms with Gasteiger partial charge in [0, 0.05) is 23.7 Å². The first-order valence-electron chi connectivity index (χ1n) is 8.44. The Labute approximate surface area is 156 Å². The summed E-state index contributed by atoms with van der Waals surface area (Å²) in [4.78, 5) is 33.7. The Bertz CT molecular complexity index is 960. The van der Waals surface area contributed by atoms with Gasteiger partial charge in [-0.25, -0.2) is 4.98 Å². The molecule has 2 aromatic heterocycles. The molecule has 2 heterocycles. The fourth-order valence-electron chi connectivity index (χ4n) is 2.61. The van der Waals surface area contributed by atoms with Crippen molar-refractivity contribution in [2.24, 2.45) is 0 Å². The number of nitrogens with zero attached hydrogens (tertiary/aromatic N) is 2. The number of amides is 1. The summed E-state index contributed by atoms with van der Waals surface area (Å²) in [6.45, 7) is 4.34. The summed E-state index contributed by atoms with van der Waals surface area (Å²) in [6.07, 6.45) is 0. The molecule has 1 N–H and O–H groups in total. The summed E-state index contributed by atoms with van der Waals surface area (Å²) >= 11 is 1.54. The Kier molecular flexibility index (Phi) is 5.32. The Morgan fingerprint density at radius 2 is 1.92 bits per heavy atom. The topological polar surface area (TPSA) is 66.1 Å². The molecule has 0 aliphatic rings. The van der Waals surface area contributed by atoms with Crippen LogP contribution in [0.25, 0.3) is 10.6 Å². The van der Waals surface area contributed by atoms with Gasteiger partial charge in [0.2, 0.25) is 0 Å². The number of carbonyl (C=O) groups is 1. The molecule has 0 radical (unpaired) electrons. The van der Waals surface area contributed by atoms with Crippen molar-refractivity contribution in [1.29, 1.82) is 0 Å². The van der Waals surface area contributed by atoms with E-state index in [0.717, 1.165) is 22.0 Å². The molecule has 0 atom stereocenters. The summed E-state index contributed by atoms with van der Waals surface area (Å²) in [7, 11) is 1.68. The maximum absolute atomic E-state index is 12.6. The average molecular weight is 367 g/mol. The largest absolute Gasteiger partial charge is 0.336 e. The molecular formula is C20H21N3O2S. The Morgan fingerprint density at radius 3 is 2.58 bits per heavy atom. The molecule has 134 valence electrons. The lowest BCUT2D eigenvalue weighted by Gasteiger charge is -2.16. The first kappa shape index (κ1) is 18.1. The van der Waals surface area contributed by atoms with E-state index in [1.165, 1.54) is 4.90 Å². The summed E-state index contributed by atoms with van der Waals surface area (Å²) in [5, 5.41) is 2.86. The van der Waals surface area contributed by atoms with Crippen LogP contribution in [0.5, 0.6) is 0 Å². The van der Waals surface area contributed by atoms with Crippen molar-refractivity contribution < 1.29 is 4.79 Å². The minimum atomic E-state index is -0.351. The van der Waals surface area contributed by atoms with Crippen LogP contribution in [0.2, 0.25) is 0 Å². The van der Waals surface area contributed by atoms with Crippen molar-refractivity contribution in [2.45, 2.75) is 26.3 Å². The van der Waals surface area contributed by atoms with Gasteiger partial charge in [-0.1, -0.05) is 44.2 Å². The Balaban J connectivity index is 1.74. The number of aromatic amines is 1. The van der Waals surface area contributed by atoms with Crippen molar-refractivity contribution in [3.05, 3.63) is 75.1 Å². The molecular weight excluding hydrogens is 346 g/mol. The molecule has 0 bridgehead atoms. The number of thiazole rings is 1. The molecule has 3 rings (SSSR count). The second kappa shape index (κ2) is 7.66. The number of aromatic nitrogens is 2. The zero-order valence-electron chi connectivity index (χ0n) is 15.0. The molecule has 0 saturated heterocycles. The van der Waals surface area contributed by atoms with Gasteiger partial charge in [-0.3, -0.25) is 9.59 Å². The number of nitrogens with one attached hydrogen (secondary N) is 1. The number of carbonyl (C=O) groups excluding carboxylic acids is 1. The fraction of sp³-hybridized carbons (Fsp3) is 0.250. The highest BCUT2D eigenvalue weighted by atomic mass is 32.1. The molecule has 0 spiro atoms. The number of H-pyrrole nitrogens is 1. The standard InChI is InChI=1S/C20H21N3O2S/c1-13(2)17-10-9-16(18(24)22-17)20(25)23(3)11-15-12-26-19(21-15)14-7-5-4-6-8-14/h4-10,12-13H,11H2,1-3H3,(H,22,24). The van der Waals surface area contributed by atoms with Gasteiger partial charge in [-0.15, -0.1) is 11.3 Å². The van der Waals surface area contributed by atoms with Crippen LogP contribution in [-0.2, 0) is 6.54 Å². The monoisotopic (exact) mass is 367 g/mol. The highest BCUT2D eigenvalue weighted by molar-refractivity contribution is 7.13. The van der Waals surface area contributed by atoms with E-state index in [1.54, 1.807) is 30.5 Å². The van der Waals surface area contributed by atoms with Crippen LogP contribution >= 0.6 is 11.3 Å². The van der Waals surface area contributed by atoms with Crippen molar-refractivity contribution in [3.63, 3.8) is 0 Å². The minimum Gasteiger partial charge on any atom is -0.336 e. The van der Waals surface area contributed by atoms with Crippen molar-refractivity contribution in [3.8, 4) is 10.6 Å². The van der Waals surface area contributed by atoms with Gasteiger partial charge in [-0.05, 0) is 18.1 Å². The van der Waals surface area contributed by atoms with Gasteiger partial charge in [0.25, 0.3) is 11.5 Å². The third kappa shape index (κ3) is 3.91. The zero-order chi connectivity index (χ0) is 18.7. The second-order valence-corrected chi connectivity index (χ2v) is 7.34. The lowest BCUT2D eigenvalue weighted by molar-refractivity contribution is 0.0782. The van der Waals surface area contributed by atoms with E-state index >= 15 is 0 Å². The summed E-state index contributed by atoms with van der Waals surface area (Å²) in [5.74, 6) is -0.105. The smallest absolute Gasteiger partial charge is 0.261 e. The molecule has 5 nitrogen and oxygen atoms in total. The van der Waals surface area contributed by atoms with Crippen LogP contribution in [0, 0.1) is 0 Å². The molecule has 0 aliphatic heterocycles. The predicted octanol–water partition coefficient (Wildman–Crippen LogP) is 3.89. The number of pyridine rings is 1. The van der Waals surface area contributed by atoms with Gasteiger partial charge >= 0.3 is 0 Å². The van der Waals surface area contributed by atoms with Crippen LogP contribution < -0.4 is 5.56 Å². The van der Waals surface area contributed by atoms with Gasteiger partial charge in [0.15, 0.2) is 0 Å². The van der Waals surface area contributed by atoms with Crippen LogP contribution in [0.15, 0.2) is 52.6 Å². The maximum Gasteiger partial charge on any atom is 0.261 e. The first-order valence-corrected chi connectivity index (χ1v) is 9.32. The summed E-state index contributed by atoms with van der Waals surface area (Å²) < 4.78 is 0. The molecule has 0 unspecified atom stereocenters. The van der Waals surface area contributed by atoms with Crippen LogP contribution in [0.4, 0.5) is 0 Å². The SMILES string of the molecule is CC(C)c1ccc(C(=O)N(C)Cc2csc(-c3ccccc3)n2)c(=O)[nH]1. The van der Waals surface area contributed by atoms with Gasteiger partial charge in [0.1, 0.15) is 10.6 Å². The molecule has 6 heteroatoms. The number of hydrogen-bond acceptors (Lipinski definition) is 4. The maximum atomic E-state index is 12.6. The van der Waals surface area contributed by atoms with E-state index in [1.807, 2.05) is 49.6 Å². The lowest BCUT2D eigenvalue weighted by Crippen LogP contribution is -2.31. The first-order chi connectivity index (χ1) is 12.5. The van der Waals surface area contributed by atoms with Crippen LogP contribution in [0.1, 0.15) is 41.5 Å². The second-order valence-electron chi connectivity index (χ2n) is 6.48. The van der Waals surface area contributed by atoms with E-state index in [4.69, 9.17) is 0 Å². The van der Waals surface area contributed by atoms with E-state index in [9.17, 15) is 9.59 Å². The van der Waals surface area contributed by atoms with Gasteiger partial charge in [-0.2, -0.15) is 0 Å². The van der Waals surface area contributed by atoms with E-state index in [-0.39, 0.29) is 22.9 Å². The van der Waals surface area contributed by atoms with Crippen molar-refractivity contribution in [1.82, 2.24) is 14.9 Å². The highest BCUT2D eigenvalue weighted by Gasteiger charge is 2.17. The normalized spacial score (nSPS) is 10.9. The third-order valence-corrected chi connectivity index (χ3v) is 5.04. The van der Waals surface area contributed by atoms with E-state index < -0.39 is 0 Å². The molecule has 0 aliphatic carbocycles. The summed E-state index contributed by atoms with van der Waals surface area (Å²) in [6, 6.07) is 13.3. The van der Waals surface area contributed by atoms with Crippen LogP contribution in [-0.4, -0.2) is 27.8 Å². The lowest BCUT2D eigenvalue weighted by atomic mass is 10.1. The highest BCUT2D eigenvalue weighted by Crippen LogP contribution is 2.23. The number of benzene rings is 1. The zero-order valence-corrected chi connectivity index (χ0v) is 15.8.